The van der Waals surface area contributed by atoms with Gasteiger partial charge in [0.2, 0.25) is 5.88 Å². The van der Waals surface area contributed by atoms with Gasteiger partial charge in [-0.05, 0) is 43.2 Å². The molecule has 2 fully saturated rings. The molecule has 1 aromatic carbocycles. The summed E-state index contributed by atoms with van der Waals surface area (Å²) in [6.07, 6.45) is -1.65. The molecule has 0 bridgehead atoms. The minimum absolute atomic E-state index is 0.0311. The Morgan fingerprint density at radius 3 is 2.38 bits per heavy atom. The zero-order valence-electron chi connectivity index (χ0n) is 17.4. The molecular weight excluding hydrogens is 427 g/mol. The zero-order valence-corrected chi connectivity index (χ0v) is 17.4. The summed E-state index contributed by atoms with van der Waals surface area (Å²) in [6.45, 7) is 4.47. The molecule has 3 heterocycles. The summed E-state index contributed by atoms with van der Waals surface area (Å²) in [6, 6.07) is 8.28. The Balaban J connectivity index is 1.24. The molecule has 0 saturated carbocycles. The highest BCUT2D eigenvalue weighted by molar-refractivity contribution is 5.70. The molecule has 1 amide bonds. The second-order valence-corrected chi connectivity index (χ2v) is 7.75. The fourth-order valence-corrected chi connectivity index (χ4v) is 3.66. The van der Waals surface area contributed by atoms with E-state index in [0.717, 1.165) is 51.2 Å². The standard InChI is InChI=1S/C22H24F3N3O4/c23-22(24,25)16-3-8-20(26-14-16)31-17-4-6-18(7-5-17)32-21(29)28-11-9-27(10-12-28)15-19-2-1-13-30-19/h3-8,14,19H,1-2,9-13,15H2. The van der Waals surface area contributed by atoms with E-state index in [1.165, 1.54) is 0 Å². The molecular formula is C22H24F3N3O4. The van der Waals surface area contributed by atoms with Crippen molar-refractivity contribution in [1.82, 2.24) is 14.8 Å². The smallest absolute Gasteiger partial charge is 0.417 e. The van der Waals surface area contributed by atoms with Crippen LogP contribution in [-0.2, 0) is 10.9 Å². The molecule has 1 aromatic heterocycles. The zero-order chi connectivity index (χ0) is 22.6. The Bertz CT molecular complexity index is 892. The van der Waals surface area contributed by atoms with Crippen molar-refractivity contribution in [2.24, 2.45) is 0 Å². The summed E-state index contributed by atoms with van der Waals surface area (Å²) < 4.78 is 54.3. The molecule has 2 aliphatic heterocycles. The van der Waals surface area contributed by atoms with Gasteiger partial charge < -0.3 is 19.1 Å². The van der Waals surface area contributed by atoms with Gasteiger partial charge in [0.15, 0.2) is 0 Å². The number of pyridine rings is 1. The molecule has 4 rings (SSSR count). The Kier molecular flexibility index (Phi) is 6.80. The quantitative estimate of drug-likeness (QED) is 0.680. The number of nitrogens with zero attached hydrogens (tertiary/aromatic N) is 3. The third-order valence-electron chi connectivity index (χ3n) is 5.43. The number of halogens is 3. The fourth-order valence-electron chi connectivity index (χ4n) is 3.66. The van der Waals surface area contributed by atoms with Gasteiger partial charge in [-0.2, -0.15) is 13.2 Å². The first-order valence-electron chi connectivity index (χ1n) is 10.5. The number of amides is 1. The topological polar surface area (TPSA) is 64.1 Å². The van der Waals surface area contributed by atoms with Crippen LogP contribution < -0.4 is 9.47 Å². The number of alkyl halides is 3. The number of hydrogen-bond donors (Lipinski definition) is 0. The summed E-state index contributed by atoms with van der Waals surface area (Å²) in [5.41, 5.74) is -0.847. The van der Waals surface area contributed by atoms with E-state index in [1.807, 2.05) is 0 Å². The predicted molar refractivity (Wildman–Crippen MR) is 109 cm³/mol. The Labute approximate surface area is 183 Å². The van der Waals surface area contributed by atoms with Crippen molar-refractivity contribution in [3.05, 3.63) is 48.2 Å². The van der Waals surface area contributed by atoms with E-state index in [4.69, 9.17) is 14.2 Å². The number of carbonyl (C=O) groups excluding carboxylic acids is 1. The molecule has 0 N–H and O–H groups in total. The Hall–Kier alpha value is -2.85. The van der Waals surface area contributed by atoms with E-state index in [2.05, 4.69) is 9.88 Å². The normalized spacial score (nSPS) is 19.7. The van der Waals surface area contributed by atoms with Crippen LogP contribution in [0.25, 0.3) is 0 Å². The van der Waals surface area contributed by atoms with Gasteiger partial charge in [0.25, 0.3) is 0 Å². The molecule has 0 spiro atoms. The van der Waals surface area contributed by atoms with Crippen LogP contribution >= 0.6 is 0 Å². The largest absolute Gasteiger partial charge is 0.439 e. The molecule has 172 valence electrons. The van der Waals surface area contributed by atoms with Crippen molar-refractivity contribution < 1.29 is 32.2 Å². The van der Waals surface area contributed by atoms with Crippen LogP contribution in [0.15, 0.2) is 42.6 Å². The van der Waals surface area contributed by atoms with Gasteiger partial charge in [-0.3, -0.25) is 4.90 Å². The average Bonchev–Trinajstić information content (AvgIpc) is 3.28. The highest BCUT2D eigenvalue weighted by atomic mass is 19.4. The minimum Gasteiger partial charge on any atom is -0.439 e. The number of rotatable bonds is 5. The molecule has 2 aliphatic rings. The van der Waals surface area contributed by atoms with E-state index in [9.17, 15) is 18.0 Å². The molecule has 1 unspecified atom stereocenters. The second kappa shape index (κ2) is 9.74. The summed E-state index contributed by atoms with van der Waals surface area (Å²) in [5, 5.41) is 0. The lowest BCUT2D eigenvalue weighted by atomic mass is 10.2. The van der Waals surface area contributed by atoms with E-state index in [-0.39, 0.29) is 5.88 Å². The molecule has 2 saturated heterocycles. The number of benzene rings is 1. The van der Waals surface area contributed by atoms with E-state index in [1.54, 1.807) is 29.2 Å². The number of aromatic nitrogens is 1. The predicted octanol–water partition coefficient (Wildman–Crippen LogP) is 4.19. The van der Waals surface area contributed by atoms with Gasteiger partial charge in [0.1, 0.15) is 11.5 Å². The molecule has 0 radical (unpaired) electrons. The number of piperazine rings is 1. The molecule has 0 aliphatic carbocycles. The minimum atomic E-state index is -4.45. The molecule has 32 heavy (non-hydrogen) atoms. The highest BCUT2D eigenvalue weighted by Crippen LogP contribution is 2.30. The molecule has 10 heteroatoms. The van der Waals surface area contributed by atoms with Gasteiger partial charge in [-0.15, -0.1) is 0 Å². The van der Waals surface area contributed by atoms with Crippen molar-refractivity contribution in [2.45, 2.75) is 25.1 Å². The van der Waals surface area contributed by atoms with Crippen molar-refractivity contribution in [3.63, 3.8) is 0 Å². The first-order valence-corrected chi connectivity index (χ1v) is 10.5. The van der Waals surface area contributed by atoms with Crippen LogP contribution in [0.1, 0.15) is 18.4 Å². The van der Waals surface area contributed by atoms with Gasteiger partial charge >= 0.3 is 12.3 Å². The third kappa shape index (κ3) is 5.89. The molecule has 7 nitrogen and oxygen atoms in total. The van der Waals surface area contributed by atoms with Crippen LogP contribution in [0.5, 0.6) is 17.4 Å². The van der Waals surface area contributed by atoms with Crippen LogP contribution in [0.4, 0.5) is 18.0 Å². The number of hydrogen-bond acceptors (Lipinski definition) is 6. The summed E-state index contributed by atoms with van der Waals surface area (Å²) >= 11 is 0. The Morgan fingerprint density at radius 2 is 1.78 bits per heavy atom. The summed E-state index contributed by atoms with van der Waals surface area (Å²) in [5.74, 6) is 0.743. The van der Waals surface area contributed by atoms with Gasteiger partial charge in [0.05, 0.1) is 11.7 Å². The number of ether oxygens (including phenoxy) is 3. The first kappa shape index (κ1) is 22.3. The highest BCUT2D eigenvalue weighted by Gasteiger charge is 2.30. The van der Waals surface area contributed by atoms with Gasteiger partial charge in [-0.1, -0.05) is 0 Å². The van der Waals surface area contributed by atoms with E-state index < -0.39 is 17.8 Å². The van der Waals surface area contributed by atoms with Crippen molar-refractivity contribution in [2.75, 3.05) is 39.3 Å². The number of carbonyl (C=O) groups is 1. The SMILES string of the molecule is O=C(Oc1ccc(Oc2ccc(C(F)(F)F)cn2)cc1)N1CCN(CC2CCCO2)CC1. The van der Waals surface area contributed by atoms with Crippen LogP contribution in [0.3, 0.4) is 0 Å². The van der Waals surface area contributed by atoms with Crippen molar-refractivity contribution in [3.8, 4) is 17.4 Å². The van der Waals surface area contributed by atoms with E-state index >= 15 is 0 Å². The lowest BCUT2D eigenvalue weighted by Crippen LogP contribution is -2.51. The average molecular weight is 451 g/mol. The fraction of sp³-hybridized carbons (Fsp3) is 0.455. The third-order valence-corrected chi connectivity index (χ3v) is 5.43. The van der Waals surface area contributed by atoms with Gasteiger partial charge in [0, 0.05) is 51.6 Å². The first-order chi connectivity index (χ1) is 15.4. The maximum atomic E-state index is 12.6. The van der Waals surface area contributed by atoms with Gasteiger partial charge in [-0.25, -0.2) is 9.78 Å². The van der Waals surface area contributed by atoms with Crippen molar-refractivity contribution >= 4 is 6.09 Å². The summed E-state index contributed by atoms with van der Waals surface area (Å²) in [4.78, 5) is 20.1. The Morgan fingerprint density at radius 1 is 1.06 bits per heavy atom. The van der Waals surface area contributed by atoms with Crippen molar-refractivity contribution in [1.29, 1.82) is 0 Å². The lowest BCUT2D eigenvalue weighted by Gasteiger charge is -2.35. The maximum Gasteiger partial charge on any atom is 0.417 e. The van der Waals surface area contributed by atoms with E-state index in [0.29, 0.717) is 36.9 Å². The monoisotopic (exact) mass is 451 g/mol. The molecule has 1 atom stereocenters. The second-order valence-electron chi connectivity index (χ2n) is 7.75. The lowest BCUT2D eigenvalue weighted by molar-refractivity contribution is -0.137. The molecule has 2 aromatic rings. The maximum absolute atomic E-state index is 12.6. The van der Waals surface area contributed by atoms with Crippen LogP contribution in [0.2, 0.25) is 0 Å². The summed E-state index contributed by atoms with van der Waals surface area (Å²) in [7, 11) is 0. The van der Waals surface area contributed by atoms with Crippen LogP contribution in [0, 0.1) is 0 Å². The van der Waals surface area contributed by atoms with Crippen LogP contribution in [-0.4, -0.2) is 66.3 Å².